The van der Waals surface area contributed by atoms with Gasteiger partial charge in [-0.2, -0.15) is 10.4 Å². The monoisotopic (exact) mass is 343 g/mol. The summed E-state index contributed by atoms with van der Waals surface area (Å²) >= 11 is 6.14. The zero-order valence-corrected chi connectivity index (χ0v) is 14.4. The molecule has 6 nitrogen and oxygen atoms in total. The van der Waals surface area contributed by atoms with Gasteiger partial charge in [-0.15, -0.1) is 0 Å². The second-order valence-electron chi connectivity index (χ2n) is 6.04. The van der Waals surface area contributed by atoms with Gasteiger partial charge < -0.3 is 9.47 Å². The molecule has 0 bridgehead atoms. The molecule has 0 unspecified atom stereocenters. The van der Waals surface area contributed by atoms with E-state index in [0.29, 0.717) is 28.2 Å². The number of nitriles is 1. The van der Waals surface area contributed by atoms with Crippen LogP contribution in [0.15, 0.2) is 23.0 Å². The quantitative estimate of drug-likeness (QED) is 0.772. The Kier molecular flexibility index (Phi) is 4.56. The molecule has 0 aliphatic carbocycles. The molecule has 124 valence electrons. The number of fused-ring (bicyclic) bond motifs is 3. The summed E-state index contributed by atoms with van der Waals surface area (Å²) in [6.07, 6.45) is 0.969. The standard InChI is InChI=1S/C17H18ClN5O/c1-22(2)8-3-9-23-14-5-4-11(18)10-12(14)16-15(17(23)24)13(6-7-19)20-21-16/h4-5,10H,3,6,8-9H2,1-2H3,(H,20,21). The van der Waals surface area contributed by atoms with Crippen LogP contribution in [-0.4, -0.2) is 40.3 Å². The Labute approximate surface area is 144 Å². The summed E-state index contributed by atoms with van der Waals surface area (Å²) in [5, 5.41) is 18.0. The number of nitrogens with one attached hydrogen (secondary N) is 1. The van der Waals surface area contributed by atoms with Crippen LogP contribution in [0.5, 0.6) is 0 Å². The third kappa shape index (κ3) is 2.88. The van der Waals surface area contributed by atoms with Gasteiger partial charge in [-0.1, -0.05) is 11.6 Å². The molecule has 24 heavy (non-hydrogen) atoms. The van der Waals surface area contributed by atoms with Crippen molar-refractivity contribution in [3.63, 3.8) is 0 Å². The first-order valence-electron chi connectivity index (χ1n) is 7.73. The third-order valence-electron chi connectivity index (χ3n) is 4.05. The molecule has 2 heterocycles. The SMILES string of the molecule is CN(C)CCCn1c(=O)c2c(CC#N)[nH]nc2c2cc(Cl)ccc21. The fourth-order valence-corrected chi connectivity index (χ4v) is 3.13. The van der Waals surface area contributed by atoms with E-state index in [1.54, 1.807) is 10.6 Å². The number of hydrogen-bond donors (Lipinski definition) is 1. The van der Waals surface area contributed by atoms with Crippen LogP contribution in [0.3, 0.4) is 0 Å². The van der Waals surface area contributed by atoms with Crippen molar-refractivity contribution in [1.29, 1.82) is 5.26 Å². The maximum Gasteiger partial charge on any atom is 0.262 e. The van der Waals surface area contributed by atoms with E-state index in [9.17, 15) is 4.79 Å². The third-order valence-corrected chi connectivity index (χ3v) is 4.28. The number of halogens is 1. The summed E-state index contributed by atoms with van der Waals surface area (Å²) < 4.78 is 1.76. The van der Waals surface area contributed by atoms with Gasteiger partial charge in [0.15, 0.2) is 0 Å². The highest BCUT2D eigenvalue weighted by molar-refractivity contribution is 6.31. The minimum absolute atomic E-state index is 0.113. The molecule has 0 amide bonds. The highest BCUT2D eigenvalue weighted by Gasteiger charge is 2.17. The van der Waals surface area contributed by atoms with E-state index >= 15 is 0 Å². The first kappa shape index (κ1) is 16.5. The van der Waals surface area contributed by atoms with Gasteiger partial charge in [-0.25, -0.2) is 0 Å². The molecular formula is C17H18ClN5O. The number of H-pyrrole nitrogens is 1. The van der Waals surface area contributed by atoms with Gasteiger partial charge in [-0.05, 0) is 45.3 Å². The van der Waals surface area contributed by atoms with Crippen LogP contribution < -0.4 is 5.56 Å². The van der Waals surface area contributed by atoms with Crippen molar-refractivity contribution in [1.82, 2.24) is 19.7 Å². The molecular weight excluding hydrogens is 326 g/mol. The highest BCUT2D eigenvalue weighted by atomic mass is 35.5. The van der Waals surface area contributed by atoms with Crippen molar-refractivity contribution in [2.24, 2.45) is 0 Å². The number of pyridine rings is 1. The molecule has 0 aliphatic rings. The zero-order valence-electron chi connectivity index (χ0n) is 13.6. The number of benzene rings is 1. The summed E-state index contributed by atoms with van der Waals surface area (Å²) in [6, 6.07) is 7.52. The molecule has 0 aliphatic heterocycles. The van der Waals surface area contributed by atoms with E-state index in [2.05, 4.69) is 21.2 Å². The topological polar surface area (TPSA) is 77.7 Å². The lowest BCUT2D eigenvalue weighted by Crippen LogP contribution is -2.24. The van der Waals surface area contributed by atoms with Gasteiger partial charge in [0.05, 0.1) is 29.1 Å². The molecule has 1 N–H and O–H groups in total. The molecule has 0 saturated carbocycles. The molecule has 1 aromatic carbocycles. The molecule has 0 saturated heterocycles. The molecule has 0 spiro atoms. The molecule has 3 rings (SSSR count). The number of aromatic nitrogens is 3. The fourth-order valence-electron chi connectivity index (χ4n) is 2.96. The smallest absolute Gasteiger partial charge is 0.262 e. The van der Waals surface area contributed by atoms with Crippen molar-refractivity contribution in [2.75, 3.05) is 20.6 Å². The van der Waals surface area contributed by atoms with E-state index in [-0.39, 0.29) is 12.0 Å². The summed E-state index contributed by atoms with van der Waals surface area (Å²) in [6.45, 7) is 1.48. The Balaban J connectivity index is 2.26. The Morgan fingerprint density at radius 2 is 2.21 bits per heavy atom. The lowest BCUT2D eigenvalue weighted by Gasteiger charge is -2.14. The maximum absolute atomic E-state index is 13.0. The summed E-state index contributed by atoms with van der Waals surface area (Å²) in [5.74, 6) is 0. The average molecular weight is 344 g/mol. The molecule has 3 aromatic rings. The predicted octanol–water partition coefficient (Wildman–Crippen LogP) is 2.55. The van der Waals surface area contributed by atoms with E-state index in [1.807, 2.05) is 26.2 Å². The van der Waals surface area contributed by atoms with Gasteiger partial charge in [0, 0.05) is 17.0 Å². The largest absolute Gasteiger partial charge is 0.309 e. The molecule has 7 heteroatoms. The summed E-state index contributed by atoms with van der Waals surface area (Å²) in [7, 11) is 4.01. The van der Waals surface area contributed by atoms with Crippen molar-refractivity contribution in [2.45, 2.75) is 19.4 Å². The maximum atomic E-state index is 13.0. The van der Waals surface area contributed by atoms with Crippen molar-refractivity contribution >= 4 is 33.4 Å². The zero-order chi connectivity index (χ0) is 17.3. The van der Waals surface area contributed by atoms with E-state index < -0.39 is 0 Å². The normalized spacial score (nSPS) is 11.5. The van der Waals surface area contributed by atoms with Gasteiger partial charge in [0.1, 0.15) is 5.52 Å². The van der Waals surface area contributed by atoms with E-state index in [4.69, 9.17) is 16.9 Å². The Morgan fingerprint density at radius 3 is 2.92 bits per heavy atom. The average Bonchev–Trinajstić information content (AvgIpc) is 2.95. The fraction of sp³-hybridized carbons (Fsp3) is 0.353. The van der Waals surface area contributed by atoms with Crippen molar-refractivity contribution in [3.8, 4) is 6.07 Å². The Hall–Kier alpha value is -2.36. The van der Waals surface area contributed by atoms with Crippen LogP contribution in [-0.2, 0) is 13.0 Å². The Bertz CT molecular complexity index is 996. The number of rotatable bonds is 5. The molecule has 2 aromatic heterocycles. The van der Waals surface area contributed by atoms with Crippen LogP contribution in [0, 0.1) is 11.3 Å². The minimum Gasteiger partial charge on any atom is -0.309 e. The lowest BCUT2D eigenvalue weighted by atomic mass is 10.1. The highest BCUT2D eigenvalue weighted by Crippen LogP contribution is 2.26. The molecule has 0 radical (unpaired) electrons. The van der Waals surface area contributed by atoms with E-state index in [0.717, 1.165) is 23.9 Å². The van der Waals surface area contributed by atoms with Crippen LogP contribution in [0.4, 0.5) is 0 Å². The Morgan fingerprint density at radius 1 is 1.42 bits per heavy atom. The van der Waals surface area contributed by atoms with Gasteiger partial charge >= 0.3 is 0 Å². The summed E-state index contributed by atoms with van der Waals surface area (Å²) in [5.41, 5.74) is 1.83. The second kappa shape index (κ2) is 6.63. The van der Waals surface area contributed by atoms with Crippen LogP contribution in [0.1, 0.15) is 12.1 Å². The number of aromatic amines is 1. The van der Waals surface area contributed by atoms with Gasteiger partial charge in [0.2, 0.25) is 0 Å². The molecule has 0 atom stereocenters. The van der Waals surface area contributed by atoms with Gasteiger partial charge in [-0.3, -0.25) is 9.89 Å². The molecule has 0 fully saturated rings. The second-order valence-corrected chi connectivity index (χ2v) is 6.47. The van der Waals surface area contributed by atoms with Gasteiger partial charge in [0.25, 0.3) is 5.56 Å². The van der Waals surface area contributed by atoms with Crippen LogP contribution >= 0.6 is 11.6 Å². The number of nitrogens with zero attached hydrogens (tertiary/aromatic N) is 4. The minimum atomic E-state index is -0.113. The van der Waals surface area contributed by atoms with E-state index in [1.165, 1.54) is 0 Å². The number of aryl methyl sites for hydroxylation is 1. The van der Waals surface area contributed by atoms with Crippen molar-refractivity contribution < 1.29 is 0 Å². The van der Waals surface area contributed by atoms with Crippen molar-refractivity contribution in [3.05, 3.63) is 39.3 Å². The predicted molar refractivity (Wildman–Crippen MR) is 95.4 cm³/mol. The lowest BCUT2D eigenvalue weighted by molar-refractivity contribution is 0.387. The first-order chi connectivity index (χ1) is 11.5. The summed E-state index contributed by atoms with van der Waals surface area (Å²) in [4.78, 5) is 15.1. The van der Waals surface area contributed by atoms with Crippen LogP contribution in [0.2, 0.25) is 5.02 Å². The first-order valence-corrected chi connectivity index (χ1v) is 8.11. The van der Waals surface area contributed by atoms with Crippen LogP contribution in [0.25, 0.3) is 21.8 Å². The number of hydrogen-bond acceptors (Lipinski definition) is 4.